The zero-order chi connectivity index (χ0) is 21.7. The highest BCUT2D eigenvalue weighted by Gasteiger charge is 2.21. The van der Waals surface area contributed by atoms with E-state index in [1.807, 2.05) is 75.4 Å². The number of carbonyl (C=O) groups excluding carboxylic acids is 2. The quantitative estimate of drug-likeness (QED) is 0.662. The van der Waals surface area contributed by atoms with Gasteiger partial charge in [-0.2, -0.15) is 0 Å². The Balaban J connectivity index is 2.04. The van der Waals surface area contributed by atoms with E-state index in [1.165, 1.54) is 0 Å². The maximum absolute atomic E-state index is 12.9. The molecule has 0 aliphatic rings. The molecule has 156 valence electrons. The monoisotopic (exact) mass is 405 g/mol. The second kappa shape index (κ2) is 8.95. The number of carbonyl (C=O) groups is 2. The number of ether oxygens (including phenoxy) is 1. The van der Waals surface area contributed by atoms with Gasteiger partial charge in [-0.1, -0.05) is 48.5 Å². The largest absolute Gasteiger partial charge is 0.444 e. The molecule has 0 spiro atoms. The normalized spacial score (nSPS) is 11.2. The minimum absolute atomic E-state index is 0.172. The van der Waals surface area contributed by atoms with E-state index in [4.69, 9.17) is 9.72 Å². The van der Waals surface area contributed by atoms with Gasteiger partial charge >= 0.3 is 6.09 Å². The van der Waals surface area contributed by atoms with Crippen LogP contribution in [-0.2, 0) is 11.2 Å². The summed E-state index contributed by atoms with van der Waals surface area (Å²) >= 11 is 0. The van der Waals surface area contributed by atoms with E-state index in [0.29, 0.717) is 18.5 Å². The molecule has 0 fully saturated rings. The van der Waals surface area contributed by atoms with Gasteiger partial charge in [0.25, 0.3) is 5.91 Å². The molecule has 2 aromatic carbocycles. The number of rotatable bonds is 5. The van der Waals surface area contributed by atoms with Crippen molar-refractivity contribution in [2.24, 2.45) is 0 Å². The molecule has 3 aromatic rings. The number of nitrogens with one attached hydrogen (secondary N) is 2. The number of benzene rings is 2. The van der Waals surface area contributed by atoms with Crippen LogP contribution in [0.3, 0.4) is 0 Å². The molecular weight excluding hydrogens is 378 g/mol. The van der Waals surface area contributed by atoms with Crippen LogP contribution in [0, 0.1) is 0 Å². The second-order valence-electron chi connectivity index (χ2n) is 7.95. The first-order valence-corrected chi connectivity index (χ1v) is 9.96. The Morgan fingerprint density at radius 2 is 1.67 bits per heavy atom. The maximum Gasteiger partial charge on any atom is 0.407 e. The van der Waals surface area contributed by atoms with Crippen molar-refractivity contribution in [2.75, 3.05) is 13.6 Å². The van der Waals surface area contributed by atoms with Gasteiger partial charge in [-0.05, 0) is 32.4 Å². The van der Waals surface area contributed by atoms with Gasteiger partial charge in [-0.25, -0.2) is 4.79 Å². The van der Waals surface area contributed by atoms with Crippen LogP contribution in [0.1, 0.15) is 36.8 Å². The van der Waals surface area contributed by atoms with Crippen molar-refractivity contribution >= 4 is 22.9 Å². The van der Waals surface area contributed by atoms with Gasteiger partial charge in [-0.15, -0.1) is 0 Å². The van der Waals surface area contributed by atoms with Crippen LogP contribution in [-0.4, -0.2) is 36.2 Å². The topological polar surface area (TPSA) is 80.3 Å². The minimum Gasteiger partial charge on any atom is -0.444 e. The summed E-state index contributed by atoms with van der Waals surface area (Å²) in [5, 5.41) is 6.32. The Bertz CT molecular complexity index is 1060. The Labute approximate surface area is 176 Å². The Morgan fingerprint density at radius 3 is 2.33 bits per heavy atom. The van der Waals surface area contributed by atoms with Gasteiger partial charge in [-0.3, -0.25) is 9.78 Å². The van der Waals surface area contributed by atoms with Crippen LogP contribution in [0.2, 0.25) is 0 Å². The number of aromatic nitrogens is 1. The van der Waals surface area contributed by atoms with Crippen LogP contribution >= 0.6 is 0 Å². The zero-order valence-electron chi connectivity index (χ0n) is 17.8. The number of pyridine rings is 1. The van der Waals surface area contributed by atoms with E-state index in [1.54, 1.807) is 7.05 Å². The first-order valence-electron chi connectivity index (χ1n) is 9.96. The molecular formula is C24H27N3O3. The average molecular weight is 405 g/mol. The van der Waals surface area contributed by atoms with E-state index in [-0.39, 0.29) is 5.91 Å². The highest BCUT2D eigenvalue weighted by Crippen LogP contribution is 2.32. The summed E-state index contributed by atoms with van der Waals surface area (Å²) < 4.78 is 5.31. The smallest absolute Gasteiger partial charge is 0.407 e. The van der Waals surface area contributed by atoms with Crippen LogP contribution in [0.15, 0.2) is 54.6 Å². The van der Waals surface area contributed by atoms with Gasteiger partial charge in [0.05, 0.1) is 16.8 Å². The predicted octanol–water partition coefficient (Wildman–Crippen LogP) is 4.33. The summed E-state index contributed by atoms with van der Waals surface area (Å²) in [4.78, 5) is 29.7. The van der Waals surface area contributed by atoms with Crippen molar-refractivity contribution in [3.8, 4) is 11.1 Å². The van der Waals surface area contributed by atoms with Crippen molar-refractivity contribution in [3.63, 3.8) is 0 Å². The number of nitrogens with zero attached hydrogens (tertiary/aromatic N) is 1. The molecule has 0 radical (unpaired) electrons. The molecule has 1 aromatic heterocycles. The summed E-state index contributed by atoms with van der Waals surface area (Å²) in [7, 11) is 1.62. The van der Waals surface area contributed by atoms with Crippen LogP contribution in [0.5, 0.6) is 0 Å². The lowest BCUT2D eigenvalue weighted by molar-refractivity contribution is 0.0528. The Hall–Kier alpha value is -3.41. The highest BCUT2D eigenvalue weighted by atomic mass is 16.6. The van der Waals surface area contributed by atoms with Crippen molar-refractivity contribution in [3.05, 3.63) is 65.9 Å². The fourth-order valence-electron chi connectivity index (χ4n) is 3.32. The number of amides is 2. The van der Waals surface area contributed by atoms with Crippen molar-refractivity contribution < 1.29 is 14.3 Å². The molecule has 0 saturated carbocycles. The minimum atomic E-state index is -0.563. The molecule has 0 bridgehead atoms. The average Bonchev–Trinajstić information content (AvgIpc) is 2.71. The van der Waals surface area contributed by atoms with Crippen molar-refractivity contribution in [1.29, 1.82) is 0 Å². The summed E-state index contributed by atoms with van der Waals surface area (Å²) in [5.41, 5.74) is 3.19. The molecule has 2 N–H and O–H groups in total. The fourth-order valence-corrected chi connectivity index (χ4v) is 3.32. The first-order chi connectivity index (χ1) is 14.3. The van der Waals surface area contributed by atoms with E-state index < -0.39 is 11.7 Å². The predicted molar refractivity (Wildman–Crippen MR) is 119 cm³/mol. The van der Waals surface area contributed by atoms with Gasteiger partial charge in [0.2, 0.25) is 0 Å². The molecule has 0 aliphatic heterocycles. The Morgan fingerprint density at radius 1 is 1.00 bits per heavy atom. The lowest BCUT2D eigenvalue weighted by Crippen LogP contribution is -2.33. The summed E-state index contributed by atoms with van der Waals surface area (Å²) in [6.45, 7) is 5.80. The zero-order valence-corrected chi connectivity index (χ0v) is 17.8. The summed E-state index contributed by atoms with van der Waals surface area (Å²) in [6, 6.07) is 17.3. The molecule has 3 rings (SSSR count). The number of hydrogen-bond donors (Lipinski definition) is 2. The highest BCUT2D eigenvalue weighted by molar-refractivity contribution is 6.12. The number of para-hydroxylation sites is 1. The fraction of sp³-hybridized carbons (Fsp3) is 0.292. The van der Waals surface area contributed by atoms with Crippen LogP contribution in [0.4, 0.5) is 4.79 Å². The maximum atomic E-state index is 12.9. The molecule has 2 amide bonds. The van der Waals surface area contributed by atoms with Crippen molar-refractivity contribution in [2.45, 2.75) is 32.8 Å². The molecule has 30 heavy (non-hydrogen) atoms. The van der Waals surface area contributed by atoms with Gasteiger partial charge in [0.15, 0.2) is 0 Å². The standard InChI is InChI=1S/C24H27N3O3/c1-24(2,3)30-23(29)26-15-14-19-20(16-10-6-5-7-11-16)21(22(28)25-4)17-12-8-9-13-18(17)27-19/h5-13H,14-15H2,1-4H3,(H,25,28)(H,26,29). The van der Waals surface area contributed by atoms with E-state index in [2.05, 4.69) is 10.6 Å². The van der Waals surface area contributed by atoms with Gasteiger partial charge in [0.1, 0.15) is 5.60 Å². The molecule has 0 aliphatic carbocycles. The third-order valence-corrected chi connectivity index (χ3v) is 4.51. The molecule has 0 atom stereocenters. The lowest BCUT2D eigenvalue weighted by Gasteiger charge is -2.20. The van der Waals surface area contributed by atoms with Crippen LogP contribution in [0.25, 0.3) is 22.0 Å². The van der Waals surface area contributed by atoms with Gasteiger partial charge in [0, 0.05) is 31.0 Å². The third kappa shape index (κ3) is 4.95. The first kappa shape index (κ1) is 21.3. The van der Waals surface area contributed by atoms with E-state index >= 15 is 0 Å². The molecule has 6 heteroatoms. The Kier molecular flexibility index (Phi) is 6.35. The summed E-state index contributed by atoms with van der Waals surface area (Å²) in [6.07, 6.45) is -0.0192. The lowest BCUT2D eigenvalue weighted by atomic mass is 9.93. The molecule has 0 saturated heterocycles. The van der Waals surface area contributed by atoms with Crippen molar-refractivity contribution in [1.82, 2.24) is 15.6 Å². The molecule has 0 unspecified atom stereocenters. The molecule has 6 nitrogen and oxygen atoms in total. The SMILES string of the molecule is CNC(=O)c1c(-c2ccccc2)c(CCNC(=O)OC(C)(C)C)nc2ccccc12. The number of alkyl carbamates (subject to hydrolysis) is 1. The number of fused-ring (bicyclic) bond motifs is 1. The van der Waals surface area contributed by atoms with Gasteiger partial charge < -0.3 is 15.4 Å². The third-order valence-electron chi connectivity index (χ3n) is 4.51. The van der Waals surface area contributed by atoms with E-state index in [9.17, 15) is 9.59 Å². The number of hydrogen-bond acceptors (Lipinski definition) is 4. The van der Waals surface area contributed by atoms with E-state index in [0.717, 1.165) is 27.7 Å². The summed E-state index contributed by atoms with van der Waals surface area (Å²) in [5.74, 6) is -0.172. The second-order valence-corrected chi connectivity index (χ2v) is 7.95. The van der Waals surface area contributed by atoms with Crippen LogP contribution < -0.4 is 10.6 Å². The molecule has 1 heterocycles.